The van der Waals surface area contributed by atoms with Crippen molar-refractivity contribution in [2.75, 3.05) is 5.32 Å². The fourth-order valence-electron chi connectivity index (χ4n) is 3.74. The first kappa shape index (κ1) is 25.1. The van der Waals surface area contributed by atoms with Gasteiger partial charge in [-0.3, -0.25) is 10.3 Å². The zero-order valence-corrected chi connectivity index (χ0v) is 20.7. The number of aliphatic hydroxyl groups is 1. The van der Waals surface area contributed by atoms with E-state index in [4.69, 9.17) is 4.74 Å². The highest BCUT2D eigenvalue weighted by Crippen LogP contribution is 2.25. The molecule has 0 saturated carbocycles. The van der Waals surface area contributed by atoms with Crippen LogP contribution in [0.25, 0.3) is 17.0 Å². The second-order valence-electron chi connectivity index (χ2n) is 9.36. The molecule has 3 heterocycles. The first-order valence-corrected chi connectivity index (χ1v) is 11.9. The van der Waals surface area contributed by atoms with Crippen molar-refractivity contribution < 1.29 is 14.6 Å². The van der Waals surface area contributed by atoms with Gasteiger partial charge in [-0.2, -0.15) is 9.50 Å². The van der Waals surface area contributed by atoms with Crippen molar-refractivity contribution in [3.8, 4) is 17.0 Å². The molecule has 4 rings (SSSR count). The van der Waals surface area contributed by atoms with Gasteiger partial charge in [-0.1, -0.05) is 18.2 Å². The van der Waals surface area contributed by atoms with Gasteiger partial charge < -0.3 is 15.2 Å². The first-order valence-electron chi connectivity index (χ1n) is 11.9. The molecule has 3 N–H and O–H groups in total. The van der Waals surface area contributed by atoms with Crippen LogP contribution in [0.2, 0.25) is 0 Å². The second-order valence-corrected chi connectivity index (χ2v) is 9.36. The van der Waals surface area contributed by atoms with Crippen LogP contribution in [0.15, 0.2) is 61.1 Å². The molecule has 10 nitrogen and oxygen atoms in total. The number of pyridine rings is 1. The molecule has 10 heteroatoms. The minimum atomic E-state index is -0.710. The molecule has 2 amide bonds. The standard InChI is InChI=1S/C26H31N7O3/c1-18(7-5-12-26(2,3)35)29-25(34)31-23-30-24-28-14-11-22(33(24)32-23)20-9-4-10-21(15-20)36-17-19-8-6-13-27-16-19/h4,6,8-11,13-16,18,35H,5,7,12,17H2,1-3H3,(H2,29,31,32,34). The predicted molar refractivity (Wildman–Crippen MR) is 137 cm³/mol. The fourth-order valence-corrected chi connectivity index (χ4v) is 3.74. The van der Waals surface area contributed by atoms with E-state index in [9.17, 15) is 9.90 Å². The number of nitrogens with one attached hydrogen (secondary N) is 2. The van der Waals surface area contributed by atoms with Crippen LogP contribution in [0, 0.1) is 0 Å². The Morgan fingerprint density at radius 3 is 2.83 bits per heavy atom. The van der Waals surface area contributed by atoms with E-state index in [0.717, 1.165) is 29.7 Å². The lowest BCUT2D eigenvalue weighted by Crippen LogP contribution is -2.36. The molecule has 0 aliphatic carbocycles. The summed E-state index contributed by atoms with van der Waals surface area (Å²) in [5.74, 6) is 1.22. The number of rotatable bonds is 10. The molecule has 0 aliphatic rings. The zero-order chi connectivity index (χ0) is 25.5. The van der Waals surface area contributed by atoms with Gasteiger partial charge in [0, 0.05) is 35.8 Å². The van der Waals surface area contributed by atoms with Crippen molar-refractivity contribution in [1.82, 2.24) is 29.9 Å². The minimum absolute atomic E-state index is 0.0625. The highest BCUT2D eigenvalue weighted by atomic mass is 16.5. The van der Waals surface area contributed by atoms with Crippen LogP contribution in [-0.2, 0) is 6.61 Å². The van der Waals surface area contributed by atoms with Crippen molar-refractivity contribution >= 4 is 17.8 Å². The van der Waals surface area contributed by atoms with E-state index in [1.165, 1.54) is 0 Å². The molecule has 4 aromatic rings. The first-order chi connectivity index (χ1) is 17.3. The number of carbonyl (C=O) groups excluding carboxylic acids is 1. The summed E-state index contributed by atoms with van der Waals surface area (Å²) in [5, 5.41) is 19.8. The molecule has 0 radical (unpaired) electrons. The largest absolute Gasteiger partial charge is 0.489 e. The Morgan fingerprint density at radius 1 is 1.19 bits per heavy atom. The lowest BCUT2D eigenvalue weighted by Gasteiger charge is -2.19. The van der Waals surface area contributed by atoms with E-state index in [2.05, 4.69) is 30.7 Å². The molecule has 188 valence electrons. The number of aromatic nitrogens is 5. The van der Waals surface area contributed by atoms with E-state index in [1.807, 2.05) is 49.4 Å². The van der Waals surface area contributed by atoms with Crippen LogP contribution < -0.4 is 15.4 Å². The van der Waals surface area contributed by atoms with Gasteiger partial charge in [0.15, 0.2) is 0 Å². The van der Waals surface area contributed by atoms with Crippen molar-refractivity contribution in [3.05, 3.63) is 66.6 Å². The topological polar surface area (TPSA) is 127 Å². The summed E-state index contributed by atoms with van der Waals surface area (Å²) in [4.78, 5) is 25.2. The van der Waals surface area contributed by atoms with E-state index in [-0.39, 0.29) is 12.0 Å². The number of nitrogens with zero attached hydrogens (tertiary/aromatic N) is 5. The molecule has 3 aromatic heterocycles. The number of amides is 2. The summed E-state index contributed by atoms with van der Waals surface area (Å²) in [6, 6.07) is 12.9. The SMILES string of the molecule is CC(CCCC(C)(C)O)NC(=O)Nc1nc2nccc(-c3cccc(OCc4cccnc4)c3)n2n1. The fraction of sp³-hybridized carbons (Fsp3) is 0.346. The van der Waals surface area contributed by atoms with E-state index in [1.54, 1.807) is 37.0 Å². The maximum absolute atomic E-state index is 12.4. The monoisotopic (exact) mass is 489 g/mol. The number of anilines is 1. The minimum Gasteiger partial charge on any atom is -0.489 e. The number of urea groups is 1. The summed E-state index contributed by atoms with van der Waals surface area (Å²) in [7, 11) is 0. The smallest absolute Gasteiger partial charge is 0.321 e. The van der Waals surface area contributed by atoms with E-state index in [0.29, 0.717) is 24.6 Å². The van der Waals surface area contributed by atoms with Gasteiger partial charge in [0.1, 0.15) is 12.4 Å². The number of fused-ring (bicyclic) bond motifs is 1. The molecule has 1 atom stereocenters. The Hall–Kier alpha value is -4.05. The summed E-state index contributed by atoms with van der Waals surface area (Å²) >= 11 is 0. The molecule has 0 aliphatic heterocycles. The lowest BCUT2D eigenvalue weighted by atomic mass is 10.00. The zero-order valence-electron chi connectivity index (χ0n) is 20.7. The van der Waals surface area contributed by atoms with E-state index < -0.39 is 11.6 Å². The van der Waals surface area contributed by atoms with Crippen LogP contribution in [-0.4, -0.2) is 47.3 Å². The normalized spacial score (nSPS) is 12.3. The summed E-state index contributed by atoms with van der Waals surface area (Å²) < 4.78 is 7.51. The number of carbonyl (C=O) groups is 1. The van der Waals surface area contributed by atoms with Gasteiger partial charge >= 0.3 is 6.03 Å². The summed E-state index contributed by atoms with van der Waals surface area (Å²) in [6.07, 6.45) is 7.36. The molecular weight excluding hydrogens is 458 g/mol. The quantitative estimate of drug-likeness (QED) is 0.304. The van der Waals surface area contributed by atoms with Gasteiger partial charge in [0.2, 0.25) is 0 Å². The van der Waals surface area contributed by atoms with Gasteiger partial charge in [-0.05, 0) is 64.3 Å². The van der Waals surface area contributed by atoms with E-state index >= 15 is 0 Å². The third-order valence-electron chi connectivity index (χ3n) is 5.53. The molecular formula is C26H31N7O3. The highest BCUT2D eigenvalue weighted by molar-refractivity contribution is 5.87. The van der Waals surface area contributed by atoms with Crippen molar-refractivity contribution in [3.63, 3.8) is 0 Å². The van der Waals surface area contributed by atoms with Crippen LogP contribution in [0.5, 0.6) is 5.75 Å². The van der Waals surface area contributed by atoms with Crippen molar-refractivity contribution in [1.29, 1.82) is 0 Å². The van der Waals surface area contributed by atoms with Crippen molar-refractivity contribution in [2.24, 2.45) is 0 Å². The molecule has 0 saturated heterocycles. The predicted octanol–water partition coefficient (Wildman–Crippen LogP) is 4.22. The molecule has 1 unspecified atom stereocenters. The van der Waals surface area contributed by atoms with Gasteiger partial charge in [0.25, 0.3) is 11.7 Å². The third-order valence-corrected chi connectivity index (χ3v) is 5.53. The Kier molecular flexibility index (Phi) is 7.74. The van der Waals surface area contributed by atoms with Crippen LogP contribution in [0.1, 0.15) is 45.6 Å². The second kappa shape index (κ2) is 11.1. The van der Waals surface area contributed by atoms with Crippen LogP contribution in [0.3, 0.4) is 0 Å². The lowest BCUT2D eigenvalue weighted by molar-refractivity contribution is 0.0676. The average molecular weight is 490 g/mol. The summed E-state index contributed by atoms with van der Waals surface area (Å²) in [5.41, 5.74) is 1.89. The number of hydrogen-bond acceptors (Lipinski definition) is 7. The number of ether oxygens (including phenoxy) is 1. The van der Waals surface area contributed by atoms with Gasteiger partial charge in [0.05, 0.1) is 11.3 Å². The molecule has 0 bridgehead atoms. The molecule has 36 heavy (non-hydrogen) atoms. The Labute approximate surface area is 209 Å². The van der Waals surface area contributed by atoms with Crippen LogP contribution in [0.4, 0.5) is 10.7 Å². The maximum atomic E-state index is 12.4. The number of hydrogen-bond donors (Lipinski definition) is 3. The Balaban J connectivity index is 1.42. The van der Waals surface area contributed by atoms with Gasteiger partial charge in [-0.25, -0.2) is 9.78 Å². The average Bonchev–Trinajstić information content (AvgIpc) is 3.25. The summed E-state index contributed by atoms with van der Waals surface area (Å²) in [6.45, 7) is 5.89. The molecule has 0 spiro atoms. The molecule has 0 fully saturated rings. The Bertz CT molecular complexity index is 1300. The Morgan fingerprint density at radius 2 is 2.06 bits per heavy atom. The number of benzene rings is 1. The maximum Gasteiger partial charge on any atom is 0.321 e. The highest BCUT2D eigenvalue weighted by Gasteiger charge is 2.16. The van der Waals surface area contributed by atoms with Gasteiger partial charge in [-0.15, -0.1) is 5.10 Å². The third kappa shape index (κ3) is 6.98. The molecule has 1 aromatic carbocycles. The van der Waals surface area contributed by atoms with Crippen LogP contribution >= 0.6 is 0 Å². The van der Waals surface area contributed by atoms with Crippen molar-refractivity contribution in [2.45, 2.75) is 58.3 Å².